The number of aromatic hydroxyl groups is 1. The van der Waals surface area contributed by atoms with Crippen LogP contribution in [0.2, 0.25) is 10.0 Å². The molecule has 8 rings (SSSR count). The lowest BCUT2D eigenvalue weighted by molar-refractivity contribution is -0.144. The number of imide groups is 2. The topological polar surface area (TPSA) is 125 Å². The van der Waals surface area contributed by atoms with E-state index in [2.05, 4.69) is 5.43 Å². The van der Waals surface area contributed by atoms with E-state index in [0.29, 0.717) is 34.0 Å². The number of anilines is 1. The summed E-state index contributed by atoms with van der Waals surface area (Å²) >= 11 is 12.7. The van der Waals surface area contributed by atoms with E-state index < -0.39 is 46.8 Å². The predicted octanol–water partition coefficient (Wildman–Crippen LogP) is 7.58. The van der Waals surface area contributed by atoms with E-state index in [4.69, 9.17) is 32.7 Å². The van der Waals surface area contributed by atoms with Crippen LogP contribution in [0.15, 0.2) is 78.4 Å². The Morgan fingerprint density at radius 1 is 0.870 bits per heavy atom. The van der Waals surface area contributed by atoms with Crippen LogP contribution in [0, 0.1) is 29.6 Å². The van der Waals surface area contributed by atoms with Gasteiger partial charge >= 0.3 is 0 Å². The van der Waals surface area contributed by atoms with Gasteiger partial charge in [0.1, 0.15) is 5.75 Å². The van der Waals surface area contributed by atoms with Crippen molar-refractivity contribution < 1.29 is 33.8 Å². The summed E-state index contributed by atoms with van der Waals surface area (Å²) in [6, 6.07) is 16.8. The number of phenolic OH excluding ortho intramolecular Hbond substituents is 1. The number of halogens is 2. The minimum Gasteiger partial charge on any atom is -0.504 e. The average Bonchev–Trinajstić information content (AvgIpc) is 3.56. The zero-order valence-electron chi connectivity index (χ0n) is 30.0. The minimum absolute atomic E-state index is 0.0192. The molecule has 2 saturated carbocycles. The van der Waals surface area contributed by atoms with Gasteiger partial charge in [0.05, 0.1) is 48.1 Å². The number of allylic oxidation sites excluding steroid dienone is 3. The number of hydrogen-bond donors (Lipinski definition) is 2. The van der Waals surface area contributed by atoms with E-state index in [1.165, 1.54) is 19.2 Å². The number of rotatable bonds is 8. The Labute approximate surface area is 323 Å². The molecule has 10 nitrogen and oxygen atoms in total. The minimum atomic E-state index is -1.46. The standard InChI is InChI=1S/C42H41Cl2N3O7/c1-53-27-13-10-24(11-14-27)42-31(17-8-23-9-19-35(48)36(20-23)54-2)28-15-16-29-37(40(51)46(38(29)49)26-6-4-3-5-7-26)30(28)22-32(42)39(50)47(41(42)52)45-34-18-12-25(43)21-33(34)44/h8-15,17-21,26,29-32,37,45,48H,3-7,16,22H2,1-2H3/t29-,30+,31-,32-,37-,42-/m0/s1. The summed E-state index contributed by atoms with van der Waals surface area (Å²) in [4.78, 5) is 60.4. The third kappa shape index (κ3) is 5.68. The Bertz CT molecular complexity index is 2100. The van der Waals surface area contributed by atoms with E-state index >= 15 is 4.79 Å². The first-order chi connectivity index (χ1) is 26.1. The second kappa shape index (κ2) is 14.1. The molecule has 0 aromatic heterocycles. The molecule has 0 unspecified atom stereocenters. The third-order valence-corrected chi connectivity index (χ3v) is 12.8. The highest BCUT2D eigenvalue weighted by atomic mass is 35.5. The van der Waals surface area contributed by atoms with Gasteiger partial charge < -0.3 is 14.6 Å². The molecule has 4 fully saturated rings. The number of phenols is 1. The lowest BCUT2D eigenvalue weighted by Gasteiger charge is -2.49. The van der Waals surface area contributed by atoms with Gasteiger partial charge in [0, 0.05) is 17.0 Å². The smallest absolute Gasteiger partial charge is 0.260 e. The van der Waals surface area contributed by atoms with Gasteiger partial charge in [-0.3, -0.25) is 29.5 Å². The molecule has 4 amide bonds. The summed E-state index contributed by atoms with van der Waals surface area (Å²) in [6.07, 6.45) is 11.0. The van der Waals surface area contributed by atoms with Crippen molar-refractivity contribution >= 4 is 58.6 Å². The summed E-state index contributed by atoms with van der Waals surface area (Å²) in [7, 11) is 3.03. The molecule has 2 N–H and O–H groups in total. The van der Waals surface area contributed by atoms with Crippen LogP contribution in [0.25, 0.3) is 6.08 Å². The fourth-order valence-corrected chi connectivity index (χ4v) is 10.3. The average molecular weight is 771 g/mol. The molecule has 2 aliphatic heterocycles. The number of nitrogens with zero attached hydrogens (tertiary/aromatic N) is 2. The first-order valence-corrected chi connectivity index (χ1v) is 19.2. The highest BCUT2D eigenvalue weighted by Gasteiger charge is 2.69. The lowest BCUT2D eigenvalue weighted by Crippen LogP contribution is -2.54. The van der Waals surface area contributed by atoms with Crippen molar-refractivity contribution in [2.75, 3.05) is 19.6 Å². The van der Waals surface area contributed by atoms with Crippen molar-refractivity contribution in [3.8, 4) is 17.2 Å². The number of hydrazine groups is 1. The first kappa shape index (κ1) is 36.2. The number of ether oxygens (including phenoxy) is 2. The molecule has 54 heavy (non-hydrogen) atoms. The van der Waals surface area contributed by atoms with Gasteiger partial charge in [0.25, 0.3) is 11.8 Å². The zero-order valence-corrected chi connectivity index (χ0v) is 31.5. The van der Waals surface area contributed by atoms with Crippen LogP contribution >= 0.6 is 23.2 Å². The van der Waals surface area contributed by atoms with Crippen LogP contribution in [0.1, 0.15) is 56.1 Å². The van der Waals surface area contributed by atoms with Gasteiger partial charge in [-0.2, -0.15) is 5.01 Å². The van der Waals surface area contributed by atoms with Crippen LogP contribution in [0.5, 0.6) is 17.2 Å². The maximum atomic E-state index is 15.4. The largest absolute Gasteiger partial charge is 0.504 e. The number of benzene rings is 3. The summed E-state index contributed by atoms with van der Waals surface area (Å²) in [6.45, 7) is 0. The maximum absolute atomic E-state index is 15.4. The molecule has 3 aromatic carbocycles. The van der Waals surface area contributed by atoms with Gasteiger partial charge in [0.15, 0.2) is 11.5 Å². The van der Waals surface area contributed by atoms with Gasteiger partial charge in [-0.1, -0.05) is 84.5 Å². The number of fused-ring (bicyclic) bond motifs is 4. The molecule has 0 radical (unpaired) electrons. The number of likely N-dealkylation sites (tertiary alicyclic amines) is 1. The monoisotopic (exact) mass is 769 g/mol. The molecular weight excluding hydrogens is 729 g/mol. The van der Waals surface area contributed by atoms with E-state index in [1.807, 2.05) is 30.4 Å². The first-order valence-electron chi connectivity index (χ1n) is 18.4. The van der Waals surface area contributed by atoms with E-state index in [-0.39, 0.29) is 40.8 Å². The van der Waals surface area contributed by atoms with E-state index in [9.17, 15) is 19.5 Å². The summed E-state index contributed by atoms with van der Waals surface area (Å²) in [5.74, 6) is -3.68. The maximum Gasteiger partial charge on any atom is 0.260 e. The van der Waals surface area contributed by atoms with Crippen molar-refractivity contribution in [2.45, 2.75) is 56.4 Å². The number of amides is 4. The van der Waals surface area contributed by atoms with Gasteiger partial charge in [-0.05, 0) is 85.2 Å². The number of nitrogens with one attached hydrogen (secondary N) is 1. The SMILES string of the molecule is COc1ccc([C@@]23C(=O)N(Nc4ccc(Cl)cc4Cl)C(=O)[C@@H]2C[C@@H]2C(=CC[C@@H]4C(=O)N(C5CCCCC5)C(=O)[C@@H]42)[C@@H]3C=Cc2ccc(O)c(OC)c2)cc1. The van der Waals surface area contributed by atoms with Crippen molar-refractivity contribution in [2.24, 2.45) is 29.6 Å². The fraction of sp³-hybridized carbons (Fsp3) is 0.381. The van der Waals surface area contributed by atoms with Crippen molar-refractivity contribution in [3.63, 3.8) is 0 Å². The molecule has 3 aromatic rings. The Morgan fingerprint density at radius 3 is 2.33 bits per heavy atom. The lowest BCUT2D eigenvalue weighted by atomic mass is 9.50. The predicted molar refractivity (Wildman–Crippen MR) is 204 cm³/mol. The molecule has 2 heterocycles. The molecule has 6 atom stereocenters. The van der Waals surface area contributed by atoms with Crippen LogP contribution in [-0.2, 0) is 24.6 Å². The van der Waals surface area contributed by atoms with Crippen molar-refractivity contribution in [3.05, 3.63) is 99.6 Å². The second-order valence-electron chi connectivity index (χ2n) is 14.9. The Balaban J connectivity index is 1.29. The zero-order chi connectivity index (χ0) is 37.9. The molecule has 12 heteroatoms. The number of carbonyl (C=O) groups is 4. The molecule has 280 valence electrons. The Morgan fingerprint density at radius 2 is 1.63 bits per heavy atom. The van der Waals surface area contributed by atoms with Crippen LogP contribution in [-0.4, -0.2) is 58.9 Å². The molecular formula is C42H41Cl2N3O7. The van der Waals surface area contributed by atoms with Gasteiger partial charge in [0.2, 0.25) is 11.8 Å². The normalized spacial score (nSPS) is 28.2. The van der Waals surface area contributed by atoms with Crippen molar-refractivity contribution in [1.82, 2.24) is 9.91 Å². The number of methoxy groups -OCH3 is 2. The second-order valence-corrected chi connectivity index (χ2v) is 15.7. The summed E-state index contributed by atoms with van der Waals surface area (Å²) in [5.41, 5.74) is 4.03. The molecule has 0 bridgehead atoms. The van der Waals surface area contributed by atoms with Gasteiger partial charge in [-0.15, -0.1) is 0 Å². The molecule has 2 saturated heterocycles. The summed E-state index contributed by atoms with van der Waals surface area (Å²) < 4.78 is 10.9. The highest BCUT2D eigenvalue weighted by Crippen LogP contribution is 2.62. The number of carbonyl (C=O) groups excluding carboxylic acids is 4. The molecule has 3 aliphatic carbocycles. The number of hydrogen-bond acceptors (Lipinski definition) is 8. The Kier molecular flexibility index (Phi) is 9.46. The van der Waals surface area contributed by atoms with Crippen LogP contribution in [0.4, 0.5) is 5.69 Å². The van der Waals surface area contributed by atoms with Gasteiger partial charge in [-0.25, -0.2) is 0 Å². The quantitative estimate of drug-likeness (QED) is 0.178. The van der Waals surface area contributed by atoms with E-state index in [0.717, 1.165) is 42.7 Å². The Hall–Kier alpha value is -4.80. The highest BCUT2D eigenvalue weighted by molar-refractivity contribution is 6.36. The third-order valence-electron chi connectivity index (χ3n) is 12.3. The molecule has 5 aliphatic rings. The summed E-state index contributed by atoms with van der Waals surface area (Å²) in [5, 5.41) is 12.0. The van der Waals surface area contributed by atoms with Crippen LogP contribution < -0.4 is 14.9 Å². The molecule has 0 spiro atoms. The van der Waals surface area contributed by atoms with Crippen molar-refractivity contribution in [1.29, 1.82) is 0 Å². The van der Waals surface area contributed by atoms with Crippen LogP contribution in [0.3, 0.4) is 0 Å². The fourth-order valence-electron chi connectivity index (χ4n) is 9.82. The van der Waals surface area contributed by atoms with E-state index in [1.54, 1.807) is 48.4 Å².